The number of carbonyl (C=O) groups is 2. The van der Waals surface area contributed by atoms with E-state index in [1.165, 1.54) is 6.08 Å². The van der Waals surface area contributed by atoms with Crippen LogP contribution in [0.2, 0.25) is 0 Å². The number of benzene rings is 2. The van der Waals surface area contributed by atoms with Crippen LogP contribution in [0.4, 0.5) is 5.69 Å². The summed E-state index contributed by atoms with van der Waals surface area (Å²) in [6.45, 7) is 5.29. The zero-order valence-electron chi connectivity index (χ0n) is 16.2. The van der Waals surface area contributed by atoms with Crippen LogP contribution in [0.3, 0.4) is 0 Å². The monoisotopic (exact) mass is 380 g/mol. The maximum Gasteiger partial charge on any atom is 0.251 e. The number of methoxy groups -OCH3 is 1. The quantitative estimate of drug-likeness (QED) is 0.719. The fourth-order valence-corrected chi connectivity index (χ4v) is 2.81. The Morgan fingerprint density at radius 3 is 2.79 bits per heavy atom. The van der Waals surface area contributed by atoms with Crippen LogP contribution in [0.1, 0.15) is 35.3 Å². The van der Waals surface area contributed by atoms with Crippen LogP contribution >= 0.6 is 0 Å². The summed E-state index contributed by atoms with van der Waals surface area (Å²) in [7, 11) is 1.59. The van der Waals surface area contributed by atoms with Crippen molar-refractivity contribution < 1.29 is 19.1 Å². The van der Waals surface area contributed by atoms with Gasteiger partial charge in [0.05, 0.1) is 13.7 Å². The molecular weight excluding hydrogens is 356 g/mol. The third-order valence-corrected chi connectivity index (χ3v) is 4.25. The number of hydrogen-bond donors (Lipinski definition) is 2. The first-order valence-electron chi connectivity index (χ1n) is 9.17. The Bertz CT molecular complexity index is 919. The van der Waals surface area contributed by atoms with Gasteiger partial charge in [-0.1, -0.05) is 26.0 Å². The molecule has 6 heteroatoms. The molecule has 28 heavy (non-hydrogen) atoms. The van der Waals surface area contributed by atoms with Gasteiger partial charge in [0.2, 0.25) is 5.91 Å². The number of rotatable bonds is 7. The molecule has 2 N–H and O–H groups in total. The number of fused-ring (bicyclic) bond motifs is 1. The Morgan fingerprint density at radius 1 is 1.21 bits per heavy atom. The number of anilines is 1. The van der Waals surface area contributed by atoms with Gasteiger partial charge < -0.3 is 20.1 Å². The Balaban J connectivity index is 1.65. The van der Waals surface area contributed by atoms with Gasteiger partial charge in [-0.15, -0.1) is 0 Å². The van der Waals surface area contributed by atoms with Gasteiger partial charge in [-0.2, -0.15) is 0 Å². The lowest BCUT2D eigenvalue weighted by Crippen LogP contribution is -2.13. The van der Waals surface area contributed by atoms with E-state index in [-0.39, 0.29) is 11.8 Å². The largest absolute Gasteiger partial charge is 0.493 e. The molecule has 1 aliphatic heterocycles. The average Bonchev–Trinajstić information content (AvgIpc) is 3.05. The van der Waals surface area contributed by atoms with Crippen molar-refractivity contribution in [3.05, 3.63) is 59.2 Å². The minimum Gasteiger partial charge on any atom is -0.493 e. The summed E-state index contributed by atoms with van der Waals surface area (Å²) in [6.07, 6.45) is 3.14. The number of amides is 2. The molecule has 146 valence electrons. The van der Waals surface area contributed by atoms with Crippen molar-refractivity contribution in [3.63, 3.8) is 0 Å². The molecule has 3 rings (SSSR count). The third kappa shape index (κ3) is 4.71. The van der Waals surface area contributed by atoms with Gasteiger partial charge in [0, 0.05) is 23.9 Å². The van der Waals surface area contributed by atoms with E-state index in [0.717, 1.165) is 11.1 Å². The molecule has 1 aliphatic rings. The standard InChI is InChI=1S/C22H24N2O4/c1-14(2)13-28-19-8-4-15(10-20(19)27-3)5-9-21(25)24-17-7-6-16-12-23-22(26)18(16)11-17/h4-11,14H,12-13H2,1-3H3,(H,23,26)(H,24,25)/b9-5+. The minimum absolute atomic E-state index is 0.117. The molecule has 0 radical (unpaired) electrons. The maximum absolute atomic E-state index is 12.2. The van der Waals surface area contributed by atoms with E-state index >= 15 is 0 Å². The van der Waals surface area contributed by atoms with Gasteiger partial charge in [-0.25, -0.2) is 0 Å². The zero-order valence-corrected chi connectivity index (χ0v) is 16.2. The molecule has 0 saturated carbocycles. The number of ether oxygens (including phenoxy) is 2. The highest BCUT2D eigenvalue weighted by molar-refractivity contribution is 6.04. The molecule has 2 aromatic rings. The van der Waals surface area contributed by atoms with E-state index in [9.17, 15) is 9.59 Å². The Hall–Kier alpha value is -3.28. The van der Waals surface area contributed by atoms with Gasteiger partial charge in [0.1, 0.15) is 0 Å². The molecule has 6 nitrogen and oxygen atoms in total. The molecule has 0 saturated heterocycles. The number of carbonyl (C=O) groups excluding carboxylic acids is 2. The van der Waals surface area contributed by atoms with Gasteiger partial charge >= 0.3 is 0 Å². The molecule has 0 atom stereocenters. The summed E-state index contributed by atoms with van der Waals surface area (Å²) in [4.78, 5) is 23.9. The van der Waals surface area contributed by atoms with E-state index in [0.29, 0.717) is 41.8 Å². The van der Waals surface area contributed by atoms with Gasteiger partial charge in [-0.3, -0.25) is 9.59 Å². The van der Waals surface area contributed by atoms with Gasteiger partial charge in [-0.05, 0) is 47.4 Å². The van der Waals surface area contributed by atoms with E-state index in [4.69, 9.17) is 9.47 Å². The molecule has 0 bridgehead atoms. The SMILES string of the molecule is COc1cc(/C=C/C(=O)Nc2ccc3c(c2)C(=O)NC3)ccc1OCC(C)C. The highest BCUT2D eigenvalue weighted by Gasteiger charge is 2.18. The molecule has 0 unspecified atom stereocenters. The Kier molecular flexibility index (Phi) is 5.99. The predicted octanol–water partition coefficient (Wildman–Crippen LogP) is 3.63. The van der Waals surface area contributed by atoms with Crippen molar-refractivity contribution >= 4 is 23.6 Å². The van der Waals surface area contributed by atoms with Crippen molar-refractivity contribution in [3.8, 4) is 11.5 Å². The molecule has 1 heterocycles. The van der Waals surface area contributed by atoms with Crippen molar-refractivity contribution in [2.24, 2.45) is 5.92 Å². The van der Waals surface area contributed by atoms with E-state index in [2.05, 4.69) is 24.5 Å². The van der Waals surface area contributed by atoms with Crippen LogP contribution in [-0.4, -0.2) is 25.5 Å². The summed E-state index contributed by atoms with van der Waals surface area (Å²) in [5.41, 5.74) is 2.94. The van der Waals surface area contributed by atoms with Crippen molar-refractivity contribution in [2.75, 3.05) is 19.0 Å². The first-order valence-corrected chi connectivity index (χ1v) is 9.17. The van der Waals surface area contributed by atoms with Crippen LogP contribution in [0.25, 0.3) is 6.08 Å². The van der Waals surface area contributed by atoms with Gasteiger partial charge in [0.15, 0.2) is 11.5 Å². The molecular formula is C22H24N2O4. The molecule has 0 fully saturated rings. The Morgan fingerprint density at radius 2 is 2.04 bits per heavy atom. The first kappa shape index (κ1) is 19.5. The Labute approximate surface area is 164 Å². The highest BCUT2D eigenvalue weighted by Crippen LogP contribution is 2.29. The maximum atomic E-state index is 12.2. The third-order valence-electron chi connectivity index (χ3n) is 4.25. The van der Waals surface area contributed by atoms with Crippen molar-refractivity contribution in [1.29, 1.82) is 0 Å². The minimum atomic E-state index is -0.280. The second-order valence-corrected chi connectivity index (χ2v) is 6.99. The normalized spacial score (nSPS) is 12.8. The van der Waals surface area contributed by atoms with Crippen LogP contribution in [0, 0.1) is 5.92 Å². The zero-order chi connectivity index (χ0) is 20.1. The summed E-state index contributed by atoms with van der Waals surface area (Å²) in [5, 5.41) is 5.53. The van der Waals surface area contributed by atoms with Crippen LogP contribution < -0.4 is 20.1 Å². The lowest BCUT2D eigenvalue weighted by molar-refractivity contribution is -0.111. The first-order chi connectivity index (χ1) is 13.5. The summed E-state index contributed by atoms with van der Waals surface area (Å²) in [5.74, 6) is 1.31. The fourth-order valence-electron chi connectivity index (χ4n) is 2.81. The molecule has 0 spiro atoms. The van der Waals surface area contributed by atoms with Crippen molar-refractivity contribution in [2.45, 2.75) is 20.4 Å². The predicted molar refractivity (Wildman–Crippen MR) is 109 cm³/mol. The lowest BCUT2D eigenvalue weighted by Gasteiger charge is -2.12. The average molecular weight is 380 g/mol. The fraction of sp³-hybridized carbons (Fsp3) is 0.273. The number of nitrogens with one attached hydrogen (secondary N) is 2. The van der Waals surface area contributed by atoms with Crippen LogP contribution in [-0.2, 0) is 11.3 Å². The molecule has 0 aromatic heterocycles. The summed E-state index contributed by atoms with van der Waals surface area (Å²) < 4.78 is 11.1. The summed E-state index contributed by atoms with van der Waals surface area (Å²) >= 11 is 0. The lowest BCUT2D eigenvalue weighted by atomic mass is 10.1. The van der Waals surface area contributed by atoms with Gasteiger partial charge in [0.25, 0.3) is 5.91 Å². The molecule has 0 aliphatic carbocycles. The van der Waals surface area contributed by atoms with Crippen LogP contribution in [0.15, 0.2) is 42.5 Å². The smallest absolute Gasteiger partial charge is 0.251 e. The second-order valence-electron chi connectivity index (χ2n) is 6.99. The van der Waals surface area contributed by atoms with E-state index in [1.54, 1.807) is 25.3 Å². The topological polar surface area (TPSA) is 76.7 Å². The summed E-state index contributed by atoms with van der Waals surface area (Å²) in [6, 6.07) is 10.8. The van der Waals surface area contributed by atoms with E-state index in [1.807, 2.05) is 24.3 Å². The number of hydrogen-bond acceptors (Lipinski definition) is 4. The van der Waals surface area contributed by atoms with E-state index < -0.39 is 0 Å². The van der Waals surface area contributed by atoms with Crippen LogP contribution in [0.5, 0.6) is 11.5 Å². The molecule has 2 amide bonds. The van der Waals surface area contributed by atoms with Crippen molar-refractivity contribution in [1.82, 2.24) is 5.32 Å². The highest BCUT2D eigenvalue weighted by atomic mass is 16.5. The second kappa shape index (κ2) is 8.61. The molecule has 2 aromatic carbocycles.